The number of morpholine rings is 1. The van der Waals surface area contributed by atoms with Gasteiger partial charge in [-0.2, -0.15) is 5.10 Å². The molecule has 1 N–H and O–H groups in total. The largest absolute Gasteiger partial charge is 0.378 e. The molecule has 11 heteroatoms. The minimum atomic E-state index is -0.444. The number of fused-ring (bicyclic) bond motifs is 2. The third-order valence-corrected chi connectivity index (χ3v) is 7.16. The van der Waals surface area contributed by atoms with E-state index in [4.69, 9.17) is 14.7 Å². The van der Waals surface area contributed by atoms with Crippen molar-refractivity contribution in [2.24, 2.45) is 0 Å². The minimum absolute atomic E-state index is 0.284. The number of aromatic amines is 1. The summed E-state index contributed by atoms with van der Waals surface area (Å²) in [5.41, 5.74) is 3.36. The lowest BCUT2D eigenvalue weighted by Crippen LogP contribution is -2.36. The van der Waals surface area contributed by atoms with Gasteiger partial charge in [0, 0.05) is 37.5 Å². The molecule has 6 heterocycles. The highest BCUT2D eigenvalue weighted by Gasteiger charge is 2.30. The van der Waals surface area contributed by atoms with Crippen molar-refractivity contribution in [1.29, 1.82) is 0 Å². The molecule has 0 aliphatic carbocycles. The van der Waals surface area contributed by atoms with Crippen molar-refractivity contribution in [2.45, 2.75) is 18.9 Å². The second-order valence-corrected chi connectivity index (χ2v) is 9.37. The molecule has 0 saturated carbocycles. The Balaban J connectivity index is 1.25. The predicted octanol–water partition coefficient (Wildman–Crippen LogP) is 4.12. The maximum absolute atomic E-state index is 14.6. The molecule has 2 saturated heterocycles. The Kier molecular flexibility index (Phi) is 5.24. The molecule has 0 amide bonds. The molecular weight excluding hydrogens is 478 g/mol. The van der Waals surface area contributed by atoms with Crippen molar-refractivity contribution in [2.75, 3.05) is 42.6 Å². The standard InChI is InChI=1S/C26H24F2N8O/c27-16-3-4-19(28)17(12-16)22-2-1-6-35(22)23-5-7-36-26(33-23)18(14-30-36)25-31-20-13-24(29-15-21(20)32-25)34-8-10-37-11-9-34/h3-5,7,12-15,22H,1-2,6,8-11H2,(H,31,32)/t22-/m1/s1. The molecule has 4 aromatic heterocycles. The summed E-state index contributed by atoms with van der Waals surface area (Å²) >= 11 is 0. The average Bonchev–Trinajstić information content (AvgIpc) is 3.67. The molecule has 2 aliphatic heterocycles. The first-order valence-electron chi connectivity index (χ1n) is 12.4. The Hall–Kier alpha value is -4.12. The summed E-state index contributed by atoms with van der Waals surface area (Å²) in [4.78, 5) is 21.9. The van der Waals surface area contributed by atoms with Gasteiger partial charge in [-0.3, -0.25) is 0 Å². The van der Waals surface area contributed by atoms with Gasteiger partial charge in [0.05, 0.1) is 48.2 Å². The first kappa shape index (κ1) is 22.1. The fourth-order valence-electron chi connectivity index (χ4n) is 5.31. The molecule has 188 valence electrons. The lowest BCUT2D eigenvalue weighted by Gasteiger charge is -2.27. The molecule has 0 radical (unpaired) electrons. The molecule has 37 heavy (non-hydrogen) atoms. The maximum Gasteiger partial charge on any atom is 0.168 e. The van der Waals surface area contributed by atoms with Gasteiger partial charge >= 0.3 is 0 Å². The van der Waals surface area contributed by atoms with Crippen LogP contribution in [-0.4, -0.2) is 62.4 Å². The summed E-state index contributed by atoms with van der Waals surface area (Å²) in [5.74, 6) is 1.36. The molecule has 2 aliphatic rings. The maximum atomic E-state index is 14.6. The molecule has 5 aromatic rings. The van der Waals surface area contributed by atoms with Gasteiger partial charge in [0.15, 0.2) is 5.65 Å². The van der Waals surface area contributed by atoms with Crippen LogP contribution in [-0.2, 0) is 4.74 Å². The molecule has 9 nitrogen and oxygen atoms in total. The first-order chi connectivity index (χ1) is 18.1. The molecule has 2 fully saturated rings. The zero-order valence-corrected chi connectivity index (χ0v) is 19.9. The zero-order valence-electron chi connectivity index (χ0n) is 19.9. The average molecular weight is 503 g/mol. The third-order valence-electron chi connectivity index (χ3n) is 7.16. The summed E-state index contributed by atoms with van der Waals surface area (Å²) < 4.78 is 35.7. The quantitative estimate of drug-likeness (QED) is 0.396. The monoisotopic (exact) mass is 502 g/mol. The van der Waals surface area contributed by atoms with E-state index in [1.54, 1.807) is 16.9 Å². The van der Waals surface area contributed by atoms with Crippen molar-refractivity contribution in [1.82, 2.24) is 29.5 Å². The normalized spacial score (nSPS) is 18.4. The fourth-order valence-corrected chi connectivity index (χ4v) is 5.31. The van der Waals surface area contributed by atoms with Crippen molar-refractivity contribution in [3.63, 3.8) is 0 Å². The van der Waals surface area contributed by atoms with Gasteiger partial charge in [-0.25, -0.2) is 28.2 Å². The SMILES string of the molecule is Fc1ccc(F)c([C@H]2CCCN2c2ccn3ncc(-c4nc5cc(N6CCOCC6)ncc5[nH]4)c3n2)c1. The third kappa shape index (κ3) is 3.86. The van der Waals surface area contributed by atoms with Gasteiger partial charge in [0.1, 0.15) is 29.1 Å². The van der Waals surface area contributed by atoms with Crippen LogP contribution in [0.15, 0.2) is 48.9 Å². The van der Waals surface area contributed by atoms with Gasteiger partial charge in [0.2, 0.25) is 0 Å². The van der Waals surface area contributed by atoms with E-state index in [1.165, 1.54) is 12.1 Å². The van der Waals surface area contributed by atoms with Crippen LogP contribution in [0.3, 0.4) is 0 Å². The number of anilines is 2. The van der Waals surface area contributed by atoms with Crippen LogP contribution in [0.5, 0.6) is 0 Å². The van der Waals surface area contributed by atoms with Crippen LogP contribution in [0.2, 0.25) is 0 Å². The molecule has 7 rings (SSSR count). The molecule has 0 unspecified atom stereocenters. The van der Waals surface area contributed by atoms with E-state index in [0.717, 1.165) is 54.4 Å². The Bertz CT molecular complexity index is 1610. The van der Waals surface area contributed by atoms with Gasteiger partial charge in [-0.05, 0) is 37.1 Å². The lowest BCUT2D eigenvalue weighted by atomic mass is 10.0. The second kappa shape index (κ2) is 8.77. The molecule has 0 spiro atoms. The summed E-state index contributed by atoms with van der Waals surface area (Å²) in [7, 11) is 0. The van der Waals surface area contributed by atoms with Crippen LogP contribution >= 0.6 is 0 Å². The first-order valence-corrected chi connectivity index (χ1v) is 12.4. The van der Waals surface area contributed by atoms with Gasteiger partial charge in [-0.1, -0.05) is 0 Å². The van der Waals surface area contributed by atoms with E-state index in [-0.39, 0.29) is 6.04 Å². The second-order valence-electron chi connectivity index (χ2n) is 9.37. The number of hydrogen-bond donors (Lipinski definition) is 1. The van der Waals surface area contributed by atoms with Crippen LogP contribution in [0.1, 0.15) is 24.4 Å². The Morgan fingerprint density at radius 1 is 0.973 bits per heavy atom. The van der Waals surface area contributed by atoms with E-state index >= 15 is 0 Å². The van der Waals surface area contributed by atoms with E-state index in [1.807, 2.05) is 23.2 Å². The number of imidazole rings is 1. The lowest BCUT2D eigenvalue weighted by molar-refractivity contribution is 0.122. The smallest absolute Gasteiger partial charge is 0.168 e. The van der Waals surface area contributed by atoms with Crippen molar-refractivity contribution < 1.29 is 13.5 Å². The minimum Gasteiger partial charge on any atom is -0.378 e. The predicted molar refractivity (Wildman–Crippen MR) is 135 cm³/mol. The number of rotatable bonds is 4. The Morgan fingerprint density at radius 3 is 2.76 bits per heavy atom. The number of H-pyrrole nitrogens is 1. The highest BCUT2D eigenvalue weighted by atomic mass is 19.1. The molecular formula is C26H24F2N8O. The van der Waals surface area contributed by atoms with Crippen LogP contribution in [0.4, 0.5) is 20.4 Å². The number of nitrogens with zero attached hydrogens (tertiary/aromatic N) is 7. The molecule has 1 atom stereocenters. The van der Waals surface area contributed by atoms with E-state index in [2.05, 4.69) is 20.0 Å². The van der Waals surface area contributed by atoms with Crippen molar-refractivity contribution >= 4 is 28.3 Å². The highest BCUT2D eigenvalue weighted by molar-refractivity contribution is 5.84. The topological polar surface area (TPSA) is 87.5 Å². The van der Waals surface area contributed by atoms with Crippen LogP contribution < -0.4 is 9.80 Å². The number of ether oxygens (including phenoxy) is 1. The van der Waals surface area contributed by atoms with Gasteiger partial charge in [0.25, 0.3) is 0 Å². The number of hydrogen-bond acceptors (Lipinski definition) is 7. The number of pyridine rings is 1. The van der Waals surface area contributed by atoms with Gasteiger partial charge < -0.3 is 19.5 Å². The van der Waals surface area contributed by atoms with E-state index in [9.17, 15) is 8.78 Å². The fraction of sp³-hybridized carbons (Fsp3) is 0.308. The number of aromatic nitrogens is 6. The summed E-state index contributed by atoms with van der Waals surface area (Å²) in [6.07, 6.45) is 6.94. The van der Waals surface area contributed by atoms with E-state index in [0.29, 0.717) is 42.6 Å². The Morgan fingerprint density at radius 2 is 1.86 bits per heavy atom. The van der Waals surface area contributed by atoms with Crippen molar-refractivity contribution in [3.8, 4) is 11.4 Å². The molecule has 1 aromatic carbocycles. The molecule has 0 bridgehead atoms. The zero-order chi connectivity index (χ0) is 24.9. The van der Waals surface area contributed by atoms with Crippen molar-refractivity contribution in [3.05, 3.63) is 66.1 Å². The Labute approximate surface area is 210 Å². The number of halogens is 2. The summed E-state index contributed by atoms with van der Waals surface area (Å²) in [6, 6.07) is 7.17. The van der Waals surface area contributed by atoms with Gasteiger partial charge in [-0.15, -0.1) is 0 Å². The number of benzene rings is 1. The van der Waals surface area contributed by atoms with E-state index < -0.39 is 11.6 Å². The summed E-state index contributed by atoms with van der Waals surface area (Å²) in [5, 5.41) is 4.46. The number of nitrogens with one attached hydrogen (secondary N) is 1. The van der Waals surface area contributed by atoms with Crippen LogP contribution in [0, 0.1) is 11.6 Å². The summed E-state index contributed by atoms with van der Waals surface area (Å²) in [6.45, 7) is 3.67. The highest BCUT2D eigenvalue weighted by Crippen LogP contribution is 2.37. The van der Waals surface area contributed by atoms with Crippen LogP contribution in [0.25, 0.3) is 28.1 Å².